The van der Waals surface area contributed by atoms with Crippen molar-refractivity contribution >= 4 is 11.7 Å². The lowest BCUT2D eigenvalue weighted by atomic mass is 10.2. The van der Waals surface area contributed by atoms with E-state index in [1.807, 2.05) is 13.8 Å². The van der Waals surface area contributed by atoms with Crippen molar-refractivity contribution in [1.29, 1.82) is 0 Å². The lowest BCUT2D eigenvalue weighted by Gasteiger charge is -2.08. The maximum absolute atomic E-state index is 10.6. The molecule has 1 N–H and O–H groups in total. The zero-order chi connectivity index (χ0) is 8.85. The van der Waals surface area contributed by atoms with Crippen molar-refractivity contribution in [3.8, 4) is 0 Å². The Balaban J connectivity index is 4.23. The SMILES string of the molecule is C=C/N=C(\NC(C)=O)C(C)C. The first-order valence-corrected chi connectivity index (χ1v) is 3.54. The predicted octanol–water partition coefficient (Wildman–Crippen LogP) is 1.32. The van der Waals surface area contributed by atoms with Crippen molar-refractivity contribution in [3.63, 3.8) is 0 Å². The van der Waals surface area contributed by atoms with Crippen molar-refractivity contribution in [2.45, 2.75) is 20.8 Å². The smallest absolute Gasteiger partial charge is 0.222 e. The number of carbonyl (C=O) groups excluding carboxylic acids is 1. The van der Waals surface area contributed by atoms with Crippen LogP contribution in [0.1, 0.15) is 20.8 Å². The van der Waals surface area contributed by atoms with Crippen molar-refractivity contribution in [2.24, 2.45) is 10.9 Å². The zero-order valence-corrected chi connectivity index (χ0v) is 7.22. The molecule has 3 nitrogen and oxygen atoms in total. The standard InChI is InChI=1S/C8H14N2O/c1-5-9-8(6(2)3)10-7(4)11/h5-6H,1H2,2-4H3,(H,9,10,11). The molecule has 0 aromatic rings. The molecule has 62 valence electrons. The quantitative estimate of drug-likeness (QED) is 0.473. The number of aliphatic imine (C=N–C) groups is 1. The van der Waals surface area contributed by atoms with Crippen LogP contribution in [-0.2, 0) is 4.79 Å². The van der Waals surface area contributed by atoms with E-state index in [1.165, 1.54) is 13.1 Å². The Bertz CT molecular complexity index is 183. The Kier molecular flexibility index (Phi) is 4.18. The first-order chi connectivity index (χ1) is 5.07. The normalized spacial score (nSPS) is 11.5. The van der Waals surface area contributed by atoms with Gasteiger partial charge in [-0.2, -0.15) is 0 Å². The van der Waals surface area contributed by atoms with Gasteiger partial charge in [-0.3, -0.25) is 4.79 Å². The molecule has 0 saturated heterocycles. The van der Waals surface area contributed by atoms with Gasteiger partial charge in [-0.25, -0.2) is 4.99 Å². The molecule has 1 amide bonds. The number of amides is 1. The van der Waals surface area contributed by atoms with E-state index in [2.05, 4.69) is 16.9 Å². The van der Waals surface area contributed by atoms with E-state index in [1.54, 1.807) is 0 Å². The molecule has 0 radical (unpaired) electrons. The number of rotatable bonds is 2. The number of carbonyl (C=O) groups is 1. The molecule has 0 aromatic carbocycles. The van der Waals surface area contributed by atoms with Gasteiger partial charge in [0.05, 0.1) is 0 Å². The second kappa shape index (κ2) is 4.66. The Morgan fingerprint density at radius 3 is 2.45 bits per heavy atom. The maximum atomic E-state index is 10.6. The molecular formula is C8H14N2O. The summed E-state index contributed by atoms with van der Waals surface area (Å²) in [4.78, 5) is 14.5. The van der Waals surface area contributed by atoms with Crippen LogP contribution in [0.25, 0.3) is 0 Å². The van der Waals surface area contributed by atoms with Crippen LogP contribution in [0, 0.1) is 5.92 Å². The maximum Gasteiger partial charge on any atom is 0.222 e. The second-order valence-electron chi connectivity index (χ2n) is 2.53. The average molecular weight is 154 g/mol. The minimum absolute atomic E-state index is 0.0979. The highest BCUT2D eigenvalue weighted by Gasteiger charge is 2.04. The predicted molar refractivity (Wildman–Crippen MR) is 46.3 cm³/mol. The Labute approximate surface area is 67.2 Å². The average Bonchev–Trinajstić information content (AvgIpc) is 1.86. The molecule has 0 aliphatic carbocycles. The van der Waals surface area contributed by atoms with Crippen LogP contribution in [0.5, 0.6) is 0 Å². The number of hydrogen-bond donors (Lipinski definition) is 1. The fourth-order valence-corrected chi connectivity index (χ4v) is 0.604. The van der Waals surface area contributed by atoms with Gasteiger partial charge in [-0.05, 0) is 0 Å². The van der Waals surface area contributed by atoms with E-state index in [0.29, 0.717) is 5.84 Å². The highest BCUT2D eigenvalue weighted by molar-refractivity contribution is 5.98. The molecule has 11 heavy (non-hydrogen) atoms. The summed E-state index contributed by atoms with van der Waals surface area (Å²) in [5.74, 6) is 0.781. The highest BCUT2D eigenvalue weighted by Crippen LogP contribution is 1.94. The third-order valence-corrected chi connectivity index (χ3v) is 1.08. The van der Waals surface area contributed by atoms with Gasteiger partial charge in [0.1, 0.15) is 5.84 Å². The summed E-state index contributed by atoms with van der Waals surface area (Å²) in [7, 11) is 0. The van der Waals surface area contributed by atoms with Crippen LogP contribution in [0.4, 0.5) is 0 Å². The fraction of sp³-hybridized carbons (Fsp3) is 0.500. The van der Waals surface area contributed by atoms with E-state index >= 15 is 0 Å². The van der Waals surface area contributed by atoms with Gasteiger partial charge in [0.25, 0.3) is 0 Å². The molecule has 0 heterocycles. The van der Waals surface area contributed by atoms with Crippen LogP contribution in [-0.4, -0.2) is 11.7 Å². The van der Waals surface area contributed by atoms with Crippen LogP contribution < -0.4 is 5.32 Å². The number of nitrogens with one attached hydrogen (secondary N) is 1. The van der Waals surface area contributed by atoms with Crippen molar-refractivity contribution in [2.75, 3.05) is 0 Å². The van der Waals surface area contributed by atoms with E-state index in [0.717, 1.165) is 0 Å². The molecule has 0 bridgehead atoms. The molecule has 0 aliphatic rings. The molecule has 0 aliphatic heterocycles. The molecule has 0 unspecified atom stereocenters. The van der Waals surface area contributed by atoms with E-state index in [4.69, 9.17) is 0 Å². The van der Waals surface area contributed by atoms with Crippen molar-refractivity contribution < 1.29 is 4.79 Å². The third-order valence-electron chi connectivity index (χ3n) is 1.08. The van der Waals surface area contributed by atoms with Crippen LogP contribution in [0.15, 0.2) is 17.8 Å². The molecule has 0 spiro atoms. The summed E-state index contributed by atoms with van der Waals surface area (Å²) in [5.41, 5.74) is 0. The number of amidine groups is 1. The summed E-state index contributed by atoms with van der Waals surface area (Å²) >= 11 is 0. The van der Waals surface area contributed by atoms with Gasteiger partial charge in [0, 0.05) is 19.0 Å². The minimum atomic E-state index is -0.0979. The Morgan fingerprint density at radius 1 is 1.64 bits per heavy atom. The molecular weight excluding hydrogens is 140 g/mol. The summed E-state index contributed by atoms with van der Waals surface area (Å²) in [6, 6.07) is 0. The number of nitrogens with zero attached hydrogens (tertiary/aromatic N) is 1. The lowest BCUT2D eigenvalue weighted by Crippen LogP contribution is -2.31. The second-order valence-corrected chi connectivity index (χ2v) is 2.53. The fourth-order valence-electron chi connectivity index (χ4n) is 0.604. The van der Waals surface area contributed by atoms with Gasteiger partial charge in [0.2, 0.25) is 5.91 Å². The molecule has 0 saturated carbocycles. The molecule has 0 aromatic heterocycles. The van der Waals surface area contributed by atoms with Gasteiger partial charge in [0.15, 0.2) is 0 Å². The topological polar surface area (TPSA) is 41.5 Å². The molecule has 0 rings (SSSR count). The summed E-state index contributed by atoms with van der Waals surface area (Å²) in [6.07, 6.45) is 1.42. The molecule has 0 atom stereocenters. The summed E-state index contributed by atoms with van der Waals surface area (Å²) in [6.45, 7) is 8.82. The van der Waals surface area contributed by atoms with Gasteiger partial charge in [-0.15, -0.1) is 0 Å². The Hall–Kier alpha value is -1.12. The minimum Gasteiger partial charge on any atom is -0.314 e. The van der Waals surface area contributed by atoms with Crippen LogP contribution in [0.3, 0.4) is 0 Å². The first-order valence-electron chi connectivity index (χ1n) is 3.54. The lowest BCUT2D eigenvalue weighted by molar-refractivity contribution is -0.117. The van der Waals surface area contributed by atoms with Crippen LogP contribution >= 0.6 is 0 Å². The van der Waals surface area contributed by atoms with Crippen LogP contribution in [0.2, 0.25) is 0 Å². The highest BCUT2D eigenvalue weighted by atomic mass is 16.1. The third kappa shape index (κ3) is 4.31. The van der Waals surface area contributed by atoms with Gasteiger partial charge in [-0.1, -0.05) is 20.4 Å². The number of hydrogen-bond acceptors (Lipinski definition) is 2. The monoisotopic (exact) mass is 154 g/mol. The molecule has 3 heteroatoms. The zero-order valence-electron chi connectivity index (χ0n) is 7.22. The van der Waals surface area contributed by atoms with Gasteiger partial charge < -0.3 is 5.32 Å². The van der Waals surface area contributed by atoms with E-state index in [-0.39, 0.29) is 11.8 Å². The Morgan fingerprint density at radius 2 is 2.18 bits per heavy atom. The van der Waals surface area contributed by atoms with E-state index in [9.17, 15) is 4.79 Å². The van der Waals surface area contributed by atoms with Gasteiger partial charge >= 0.3 is 0 Å². The van der Waals surface area contributed by atoms with Crippen molar-refractivity contribution in [1.82, 2.24) is 5.32 Å². The summed E-state index contributed by atoms with van der Waals surface area (Å²) < 4.78 is 0. The molecule has 0 fully saturated rings. The van der Waals surface area contributed by atoms with E-state index < -0.39 is 0 Å². The summed E-state index contributed by atoms with van der Waals surface area (Å²) in [5, 5.41) is 2.62. The largest absolute Gasteiger partial charge is 0.314 e. The van der Waals surface area contributed by atoms with Crippen molar-refractivity contribution in [3.05, 3.63) is 12.8 Å². The first kappa shape index (κ1) is 9.88.